The van der Waals surface area contributed by atoms with Gasteiger partial charge in [-0.25, -0.2) is 4.98 Å². The van der Waals surface area contributed by atoms with Crippen LogP contribution in [0.1, 0.15) is 17.8 Å². The molecule has 0 spiro atoms. The molecule has 2 heteroatoms. The van der Waals surface area contributed by atoms with Gasteiger partial charge >= 0.3 is 0 Å². The minimum atomic E-state index is 0.961. The second-order valence-electron chi connectivity index (χ2n) is 14.6. The summed E-state index contributed by atoms with van der Waals surface area (Å²) in [7, 11) is 0. The van der Waals surface area contributed by atoms with Crippen molar-refractivity contribution in [2.45, 2.75) is 12.8 Å². The van der Waals surface area contributed by atoms with Crippen LogP contribution in [-0.4, -0.2) is 9.55 Å². The van der Waals surface area contributed by atoms with Crippen LogP contribution >= 0.6 is 0 Å². The highest BCUT2D eigenvalue weighted by Gasteiger charge is 2.22. The van der Waals surface area contributed by atoms with E-state index in [1.165, 1.54) is 82.2 Å². The molecular formula is C53H36N2. The van der Waals surface area contributed by atoms with E-state index in [1.54, 1.807) is 0 Å². The third-order valence-electron chi connectivity index (χ3n) is 11.4. The van der Waals surface area contributed by atoms with Crippen LogP contribution < -0.4 is 0 Å². The van der Waals surface area contributed by atoms with Crippen molar-refractivity contribution in [1.82, 2.24) is 9.55 Å². The van der Waals surface area contributed by atoms with Crippen molar-refractivity contribution in [3.05, 3.63) is 199 Å². The highest BCUT2D eigenvalue weighted by atomic mass is 15.1. The van der Waals surface area contributed by atoms with Crippen LogP contribution in [0.15, 0.2) is 188 Å². The summed E-state index contributed by atoms with van der Waals surface area (Å²) in [5.74, 6) is 0.984. The van der Waals surface area contributed by atoms with Crippen molar-refractivity contribution >= 4 is 49.2 Å². The number of nitrogens with zero attached hydrogens (tertiary/aromatic N) is 2. The van der Waals surface area contributed by atoms with Crippen LogP contribution in [0, 0.1) is 0 Å². The molecule has 0 aliphatic heterocycles. The minimum absolute atomic E-state index is 0.961. The average Bonchev–Trinajstić information content (AvgIpc) is 3.65. The van der Waals surface area contributed by atoms with E-state index in [2.05, 4.69) is 199 Å². The first-order valence-electron chi connectivity index (χ1n) is 19.2. The number of benzene rings is 9. The Labute approximate surface area is 320 Å². The fourth-order valence-corrected chi connectivity index (χ4v) is 8.92. The normalized spacial score (nSPS) is 12.5. The highest BCUT2D eigenvalue weighted by molar-refractivity contribution is 6.25. The van der Waals surface area contributed by atoms with Gasteiger partial charge < -0.3 is 0 Å². The summed E-state index contributed by atoms with van der Waals surface area (Å²) in [5.41, 5.74) is 12.0. The third kappa shape index (κ3) is 5.14. The quantitative estimate of drug-likeness (QED) is 0.163. The van der Waals surface area contributed by atoms with Crippen LogP contribution in [0.5, 0.6) is 0 Å². The van der Waals surface area contributed by atoms with Crippen LogP contribution in [-0.2, 0) is 6.42 Å². The Kier molecular flexibility index (Phi) is 7.34. The highest BCUT2D eigenvalue weighted by Crippen LogP contribution is 2.47. The van der Waals surface area contributed by atoms with Gasteiger partial charge in [0, 0.05) is 11.3 Å². The number of para-hydroxylation sites is 1. The molecule has 1 aliphatic rings. The Morgan fingerprint density at radius 2 is 0.945 bits per heavy atom. The maximum atomic E-state index is 5.21. The largest absolute Gasteiger partial charge is 0.293 e. The summed E-state index contributed by atoms with van der Waals surface area (Å²) in [6.45, 7) is 0. The number of allylic oxidation sites excluding steroid dienone is 1. The summed E-state index contributed by atoms with van der Waals surface area (Å²) >= 11 is 0. The van der Waals surface area contributed by atoms with E-state index < -0.39 is 0 Å². The van der Waals surface area contributed by atoms with Crippen LogP contribution in [0.25, 0.3) is 99.6 Å². The van der Waals surface area contributed by atoms with Gasteiger partial charge in [0.15, 0.2) is 0 Å². The monoisotopic (exact) mass is 700 g/mol. The first-order valence-corrected chi connectivity index (χ1v) is 19.2. The van der Waals surface area contributed by atoms with E-state index in [1.807, 2.05) is 0 Å². The smallest absolute Gasteiger partial charge is 0.145 e. The average molecular weight is 701 g/mol. The van der Waals surface area contributed by atoms with Crippen molar-refractivity contribution in [1.29, 1.82) is 0 Å². The predicted octanol–water partition coefficient (Wildman–Crippen LogP) is 14.1. The molecule has 9 aromatic carbocycles. The zero-order valence-corrected chi connectivity index (χ0v) is 30.3. The number of hydrogen-bond donors (Lipinski definition) is 0. The molecule has 258 valence electrons. The molecule has 0 atom stereocenters. The molecule has 1 aromatic heterocycles. The lowest BCUT2D eigenvalue weighted by molar-refractivity contribution is 0.936. The first-order chi connectivity index (χ1) is 27.3. The molecule has 0 saturated carbocycles. The van der Waals surface area contributed by atoms with Crippen LogP contribution in [0.4, 0.5) is 0 Å². The third-order valence-corrected chi connectivity index (χ3v) is 11.4. The standard InChI is InChI=1S/C53H36N2/c1-2-18-40(19-3-1)55-50-27-11-10-26-49(50)54-53(55)38-30-28-35(29-31-38)39-32-33-47-48(34-39)52(44-25-13-17-37-15-5-7-21-42(37)44)46-23-9-8-22-45(46)51(47)43-24-12-16-36-14-4-6-20-41(36)43/h1-9,11-25,27-34H,10,26H2. The Morgan fingerprint density at radius 3 is 1.62 bits per heavy atom. The minimum Gasteiger partial charge on any atom is -0.293 e. The fraction of sp³-hybridized carbons (Fsp3) is 0.0377. The topological polar surface area (TPSA) is 17.8 Å². The lowest BCUT2D eigenvalue weighted by Gasteiger charge is -2.20. The Hall–Kier alpha value is -7.03. The van der Waals surface area contributed by atoms with Gasteiger partial charge in [0.25, 0.3) is 0 Å². The number of rotatable bonds is 5. The second kappa shape index (κ2) is 12.8. The Balaban J connectivity index is 1.15. The van der Waals surface area contributed by atoms with Crippen LogP contribution in [0.2, 0.25) is 0 Å². The molecule has 0 bridgehead atoms. The van der Waals surface area contributed by atoms with Crippen molar-refractivity contribution in [3.63, 3.8) is 0 Å². The number of fused-ring (bicyclic) bond motifs is 5. The van der Waals surface area contributed by atoms with Crippen molar-refractivity contribution in [2.24, 2.45) is 0 Å². The van der Waals surface area contributed by atoms with E-state index in [0.29, 0.717) is 0 Å². The molecule has 1 aliphatic carbocycles. The van der Waals surface area contributed by atoms with Crippen LogP contribution in [0.3, 0.4) is 0 Å². The number of aromatic nitrogens is 2. The molecule has 11 rings (SSSR count). The molecule has 10 aromatic rings. The molecule has 0 amide bonds. The van der Waals surface area contributed by atoms with Gasteiger partial charge in [0.05, 0.1) is 11.4 Å². The van der Waals surface area contributed by atoms with Gasteiger partial charge in [-0.2, -0.15) is 0 Å². The summed E-state index contributed by atoms with van der Waals surface area (Å²) in [4.78, 5) is 5.21. The summed E-state index contributed by atoms with van der Waals surface area (Å²) < 4.78 is 2.31. The first kappa shape index (κ1) is 31.5. The van der Waals surface area contributed by atoms with Gasteiger partial charge in [0.1, 0.15) is 5.82 Å². The maximum Gasteiger partial charge on any atom is 0.145 e. The number of imidazole rings is 1. The Morgan fingerprint density at radius 1 is 0.418 bits per heavy atom. The number of aryl methyl sites for hydroxylation is 1. The molecule has 0 fully saturated rings. The van der Waals surface area contributed by atoms with E-state index in [-0.39, 0.29) is 0 Å². The molecular weight excluding hydrogens is 665 g/mol. The molecule has 0 unspecified atom stereocenters. The maximum absolute atomic E-state index is 5.21. The zero-order chi connectivity index (χ0) is 36.3. The zero-order valence-electron chi connectivity index (χ0n) is 30.3. The molecule has 55 heavy (non-hydrogen) atoms. The summed E-state index contributed by atoms with van der Waals surface area (Å²) in [5, 5.41) is 10.0. The van der Waals surface area contributed by atoms with E-state index in [9.17, 15) is 0 Å². The van der Waals surface area contributed by atoms with E-state index in [0.717, 1.165) is 35.6 Å². The number of hydrogen-bond acceptors (Lipinski definition) is 1. The van der Waals surface area contributed by atoms with Gasteiger partial charge in [-0.1, -0.05) is 170 Å². The molecule has 0 saturated heterocycles. The molecule has 0 N–H and O–H groups in total. The SMILES string of the molecule is C1=Cc2c(nc(-c3ccc(-c4ccc5c(-c6cccc7ccccc67)c6ccccc6c(-c6cccc7ccccc67)c5c4)cc3)n2-c2ccccc2)CC1. The second-order valence-corrected chi connectivity index (χ2v) is 14.6. The fourth-order valence-electron chi connectivity index (χ4n) is 8.92. The summed E-state index contributed by atoms with van der Waals surface area (Å²) in [6.07, 6.45) is 6.48. The summed E-state index contributed by atoms with van der Waals surface area (Å²) in [6, 6.07) is 66.6. The van der Waals surface area contributed by atoms with Gasteiger partial charge in [-0.05, 0) is 114 Å². The van der Waals surface area contributed by atoms with E-state index in [4.69, 9.17) is 4.98 Å². The van der Waals surface area contributed by atoms with Crippen molar-refractivity contribution in [2.75, 3.05) is 0 Å². The van der Waals surface area contributed by atoms with Crippen molar-refractivity contribution in [3.8, 4) is 50.5 Å². The van der Waals surface area contributed by atoms with Gasteiger partial charge in [0.2, 0.25) is 0 Å². The molecule has 0 radical (unpaired) electrons. The predicted molar refractivity (Wildman–Crippen MR) is 233 cm³/mol. The Bertz CT molecular complexity index is 3120. The van der Waals surface area contributed by atoms with E-state index >= 15 is 0 Å². The lowest BCUT2D eigenvalue weighted by atomic mass is 9.83. The lowest BCUT2D eigenvalue weighted by Crippen LogP contribution is -2.01. The van der Waals surface area contributed by atoms with Gasteiger partial charge in [-0.15, -0.1) is 0 Å². The molecule has 2 nitrogen and oxygen atoms in total. The van der Waals surface area contributed by atoms with Gasteiger partial charge in [-0.3, -0.25) is 4.57 Å². The molecule has 1 heterocycles. The van der Waals surface area contributed by atoms with Crippen molar-refractivity contribution < 1.29 is 0 Å².